The van der Waals surface area contributed by atoms with Crippen LogP contribution in [0.1, 0.15) is 0 Å². The lowest BCUT2D eigenvalue weighted by molar-refractivity contribution is 0.630. The number of pyridine rings is 1. The fraction of sp³-hybridized carbons (Fsp3) is 0. The Labute approximate surface area is 150 Å². The second-order valence-corrected chi connectivity index (χ2v) is 5.25. The van der Waals surface area contributed by atoms with Crippen LogP contribution in [0.3, 0.4) is 0 Å². The molecule has 2 aromatic heterocycles. The Morgan fingerprint density at radius 2 is 1.52 bits per heavy atom. The summed E-state index contributed by atoms with van der Waals surface area (Å²) in [6.45, 7) is 0. The largest absolute Gasteiger partial charge is 0.340 e. The zero-order valence-corrected chi connectivity index (χ0v) is 13.9. The van der Waals surface area contributed by atoms with Gasteiger partial charge in [-0.15, -0.1) is 12.4 Å². The van der Waals surface area contributed by atoms with Gasteiger partial charge in [0, 0.05) is 23.5 Å². The molecule has 1 N–H and O–H groups in total. The minimum atomic E-state index is -0.345. The minimum Gasteiger partial charge on any atom is -0.340 e. The maximum atomic E-state index is 14.1. The molecule has 0 amide bonds. The van der Waals surface area contributed by atoms with Gasteiger partial charge in [0.25, 0.3) is 0 Å². The van der Waals surface area contributed by atoms with Crippen LogP contribution in [0.4, 0.5) is 15.9 Å². The Kier molecular flexibility index (Phi) is 4.86. The van der Waals surface area contributed by atoms with Gasteiger partial charge in [0.05, 0.1) is 11.1 Å². The SMILES string of the molecule is Cl.Fc1ccccc1-c1nc(Nc2ccncc2)c2ccccc2n1. The predicted molar refractivity (Wildman–Crippen MR) is 99.7 cm³/mol. The van der Waals surface area contributed by atoms with E-state index in [-0.39, 0.29) is 18.2 Å². The maximum Gasteiger partial charge on any atom is 0.165 e. The van der Waals surface area contributed by atoms with E-state index in [0.29, 0.717) is 17.2 Å². The Bertz CT molecular complexity index is 1010. The number of anilines is 2. The summed E-state index contributed by atoms with van der Waals surface area (Å²) in [6.07, 6.45) is 3.40. The maximum absolute atomic E-state index is 14.1. The molecule has 0 saturated carbocycles. The number of halogens is 2. The molecule has 0 fully saturated rings. The van der Waals surface area contributed by atoms with E-state index in [1.807, 2.05) is 36.4 Å². The van der Waals surface area contributed by atoms with Crippen LogP contribution in [0, 0.1) is 5.82 Å². The van der Waals surface area contributed by atoms with Gasteiger partial charge in [-0.2, -0.15) is 0 Å². The van der Waals surface area contributed by atoms with E-state index in [4.69, 9.17) is 0 Å². The first-order chi connectivity index (χ1) is 11.8. The van der Waals surface area contributed by atoms with Gasteiger partial charge in [-0.3, -0.25) is 4.98 Å². The van der Waals surface area contributed by atoms with Crippen LogP contribution >= 0.6 is 12.4 Å². The molecule has 25 heavy (non-hydrogen) atoms. The molecule has 0 unspecified atom stereocenters. The number of rotatable bonds is 3. The summed E-state index contributed by atoms with van der Waals surface area (Å²) in [5, 5.41) is 4.13. The highest BCUT2D eigenvalue weighted by Gasteiger charge is 2.12. The van der Waals surface area contributed by atoms with E-state index in [1.54, 1.807) is 30.6 Å². The minimum absolute atomic E-state index is 0. The van der Waals surface area contributed by atoms with Gasteiger partial charge in [-0.1, -0.05) is 24.3 Å². The average Bonchev–Trinajstić information content (AvgIpc) is 2.63. The Morgan fingerprint density at radius 3 is 2.32 bits per heavy atom. The van der Waals surface area contributed by atoms with Crippen molar-refractivity contribution in [2.24, 2.45) is 0 Å². The molecule has 124 valence electrons. The molecular weight excluding hydrogens is 339 g/mol. The van der Waals surface area contributed by atoms with Crippen LogP contribution in [-0.2, 0) is 0 Å². The lowest BCUT2D eigenvalue weighted by Crippen LogP contribution is -2.00. The van der Waals surface area contributed by atoms with Gasteiger partial charge in [-0.05, 0) is 36.4 Å². The van der Waals surface area contributed by atoms with Crippen molar-refractivity contribution in [3.63, 3.8) is 0 Å². The molecule has 4 aromatic rings. The molecule has 0 bridgehead atoms. The molecule has 0 saturated heterocycles. The van der Waals surface area contributed by atoms with Gasteiger partial charge in [0.15, 0.2) is 5.82 Å². The van der Waals surface area contributed by atoms with Crippen molar-refractivity contribution in [1.82, 2.24) is 15.0 Å². The van der Waals surface area contributed by atoms with E-state index in [2.05, 4.69) is 20.3 Å². The Hall–Kier alpha value is -3.05. The second-order valence-electron chi connectivity index (χ2n) is 5.25. The molecule has 4 rings (SSSR count). The monoisotopic (exact) mass is 352 g/mol. The van der Waals surface area contributed by atoms with Crippen molar-refractivity contribution < 1.29 is 4.39 Å². The van der Waals surface area contributed by atoms with Gasteiger partial charge >= 0.3 is 0 Å². The summed E-state index contributed by atoms with van der Waals surface area (Å²) >= 11 is 0. The third-order valence-corrected chi connectivity index (χ3v) is 3.66. The van der Waals surface area contributed by atoms with Crippen LogP contribution in [0.15, 0.2) is 73.1 Å². The number of nitrogens with zero attached hydrogens (tertiary/aromatic N) is 3. The normalized spacial score (nSPS) is 10.3. The van der Waals surface area contributed by atoms with Crippen molar-refractivity contribution in [2.45, 2.75) is 0 Å². The zero-order valence-electron chi connectivity index (χ0n) is 13.1. The molecule has 0 aliphatic rings. The van der Waals surface area contributed by atoms with Crippen LogP contribution in [0.25, 0.3) is 22.3 Å². The average molecular weight is 353 g/mol. The standard InChI is InChI=1S/C19H13FN4.ClH/c20-16-7-3-1-5-14(16)18-23-17-8-4-2-6-15(17)19(24-18)22-13-9-11-21-12-10-13;/h1-12H,(H,21,22,23,24);1H. The molecule has 0 aliphatic heterocycles. The zero-order chi connectivity index (χ0) is 16.4. The summed E-state index contributed by atoms with van der Waals surface area (Å²) < 4.78 is 14.1. The second kappa shape index (κ2) is 7.23. The molecule has 4 nitrogen and oxygen atoms in total. The third-order valence-electron chi connectivity index (χ3n) is 3.66. The van der Waals surface area contributed by atoms with Crippen molar-refractivity contribution in [2.75, 3.05) is 5.32 Å². The van der Waals surface area contributed by atoms with Gasteiger partial charge < -0.3 is 5.32 Å². The van der Waals surface area contributed by atoms with Crippen molar-refractivity contribution >= 4 is 34.8 Å². The first kappa shape index (κ1) is 16.8. The molecule has 2 heterocycles. The summed E-state index contributed by atoms with van der Waals surface area (Å²) in [6, 6.07) is 17.8. The number of benzene rings is 2. The topological polar surface area (TPSA) is 50.7 Å². The highest BCUT2D eigenvalue weighted by molar-refractivity contribution is 5.92. The fourth-order valence-electron chi connectivity index (χ4n) is 2.51. The third kappa shape index (κ3) is 3.41. The lowest BCUT2D eigenvalue weighted by Gasteiger charge is -2.11. The Balaban J connectivity index is 0.00000182. The van der Waals surface area contributed by atoms with Crippen molar-refractivity contribution in [3.8, 4) is 11.4 Å². The molecule has 0 atom stereocenters. The van der Waals surface area contributed by atoms with Crippen LogP contribution in [0.5, 0.6) is 0 Å². The highest BCUT2D eigenvalue weighted by atomic mass is 35.5. The first-order valence-corrected chi connectivity index (χ1v) is 7.50. The van der Waals surface area contributed by atoms with Crippen LogP contribution in [0.2, 0.25) is 0 Å². The van der Waals surface area contributed by atoms with Crippen LogP contribution in [-0.4, -0.2) is 15.0 Å². The number of aromatic nitrogens is 3. The van der Waals surface area contributed by atoms with Gasteiger partial charge in [-0.25, -0.2) is 14.4 Å². The van der Waals surface area contributed by atoms with Gasteiger partial charge in [0.1, 0.15) is 11.6 Å². The van der Waals surface area contributed by atoms with E-state index >= 15 is 0 Å². The molecule has 0 spiro atoms. The van der Waals surface area contributed by atoms with Crippen LogP contribution < -0.4 is 5.32 Å². The number of fused-ring (bicyclic) bond motifs is 1. The van der Waals surface area contributed by atoms with Gasteiger partial charge in [0.2, 0.25) is 0 Å². The molecule has 6 heteroatoms. The molecule has 0 aliphatic carbocycles. The molecular formula is C19H14ClFN4. The van der Waals surface area contributed by atoms with Crippen molar-refractivity contribution in [3.05, 3.63) is 78.9 Å². The summed E-state index contributed by atoms with van der Waals surface area (Å²) in [7, 11) is 0. The van der Waals surface area contributed by atoms with E-state index in [9.17, 15) is 4.39 Å². The number of hydrogen-bond donors (Lipinski definition) is 1. The molecule has 0 radical (unpaired) electrons. The first-order valence-electron chi connectivity index (χ1n) is 7.50. The quantitative estimate of drug-likeness (QED) is 0.564. The number of hydrogen-bond acceptors (Lipinski definition) is 4. The smallest absolute Gasteiger partial charge is 0.165 e. The van der Waals surface area contributed by atoms with Crippen molar-refractivity contribution in [1.29, 1.82) is 0 Å². The van der Waals surface area contributed by atoms with E-state index in [0.717, 1.165) is 16.6 Å². The highest BCUT2D eigenvalue weighted by Crippen LogP contribution is 2.28. The number of para-hydroxylation sites is 1. The summed E-state index contributed by atoms with van der Waals surface area (Å²) in [4.78, 5) is 13.1. The predicted octanol–water partition coefficient (Wildman–Crippen LogP) is 5.00. The summed E-state index contributed by atoms with van der Waals surface area (Å²) in [5.74, 6) is 0.635. The Morgan fingerprint density at radius 1 is 0.800 bits per heavy atom. The molecule has 2 aromatic carbocycles. The van der Waals surface area contributed by atoms with E-state index in [1.165, 1.54) is 6.07 Å². The number of nitrogens with one attached hydrogen (secondary N) is 1. The fourth-order valence-corrected chi connectivity index (χ4v) is 2.51. The summed E-state index contributed by atoms with van der Waals surface area (Å²) in [5.41, 5.74) is 1.98. The lowest BCUT2D eigenvalue weighted by atomic mass is 10.1. The van der Waals surface area contributed by atoms with E-state index < -0.39 is 0 Å².